The number of pyridine rings is 1. The SMILES string of the molecule is CNc1ncc(CN2CCO[C@@H](c3ccccn3)C2)cn1. The summed E-state index contributed by atoms with van der Waals surface area (Å²) in [7, 11) is 1.81. The molecule has 3 rings (SSSR count). The van der Waals surface area contributed by atoms with Crippen LogP contribution >= 0.6 is 0 Å². The van der Waals surface area contributed by atoms with Crippen LogP contribution in [0.5, 0.6) is 0 Å². The van der Waals surface area contributed by atoms with Gasteiger partial charge < -0.3 is 10.1 Å². The summed E-state index contributed by atoms with van der Waals surface area (Å²) in [5.74, 6) is 0.645. The Morgan fingerprint density at radius 1 is 1.29 bits per heavy atom. The van der Waals surface area contributed by atoms with Gasteiger partial charge in [0.1, 0.15) is 6.10 Å². The summed E-state index contributed by atoms with van der Waals surface area (Å²) in [5.41, 5.74) is 2.10. The fourth-order valence-corrected chi connectivity index (χ4v) is 2.42. The topological polar surface area (TPSA) is 63.2 Å². The highest BCUT2D eigenvalue weighted by atomic mass is 16.5. The molecular formula is C15H19N5O. The summed E-state index contributed by atoms with van der Waals surface area (Å²) in [6.07, 6.45) is 5.58. The highest BCUT2D eigenvalue weighted by Crippen LogP contribution is 2.21. The lowest BCUT2D eigenvalue weighted by molar-refractivity contribution is -0.0350. The molecule has 0 aromatic carbocycles. The molecule has 1 N–H and O–H groups in total. The molecule has 0 unspecified atom stereocenters. The second-order valence-electron chi connectivity index (χ2n) is 5.01. The first-order chi connectivity index (χ1) is 10.3. The molecule has 3 heterocycles. The molecule has 2 aromatic heterocycles. The van der Waals surface area contributed by atoms with Gasteiger partial charge in [0.15, 0.2) is 0 Å². The number of rotatable bonds is 4. The second kappa shape index (κ2) is 6.60. The van der Waals surface area contributed by atoms with Crippen molar-refractivity contribution in [3.8, 4) is 0 Å². The van der Waals surface area contributed by atoms with Gasteiger partial charge in [-0.15, -0.1) is 0 Å². The van der Waals surface area contributed by atoms with Crippen LogP contribution in [0.2, 0.25) is 0 Å². The minimum atomic E-state index is 0.0393. The van der Waals surface area contributed by atoms with E-state index in [4.69, 9.17) is 4.74 Å². The fourth-order valence-electron chi connectivity index (χ4n) is 2.42. The van der Waals surface area contributed by atoms with Gasteiger partial charge in [-0.3, -0.25) is 9.88 Å². The maximum Gasteiger partial charge on any atom is 0.222 e. The third-order valence-corrected chi connectivity index (χ3v) is 3.50. The van der Waals surface area contributed by atoms with E-state index in [9.17, 15) is 0 Å². The molecule has 0 aliphatic carbocycles. The van der Waals surface area contributed by atoms with Crippen LogP contribution in [0.1, 0.15) is 17.4 Å². The number of nitrogens with one attached hydrogen (secondary N) is 1. The maximum atomic E-state index is 5.82. The van der Waals surface area contributed by atoms with Crippen LogP contribution in [0.25, 0.3) is 0 Å². The molecule has 1 atom stereocenters. The van der Waals surface area contributed by atoms with Crippen molar-refractivity contribution in [2.45, 2.75) is 12.6 Å². The molecule has 0 spiro atoms. The van der Waals surface area contributed by atoms with Crippen molar-refractivity contribution < 1.29 is 4.74 Å². The average Bonchev–Trinajstić information content (AvgIpc) is 2.57. The molecule has 0 saturated carbocycles. The summed E-state index contributed by atoms with van der Waals surface area (Å²) >= 11 is 0. The first-order valence-electron chi connectivity index (χ1n) is 7.08. The summed E-state index contributed by atoms with van der Waals surface area (Å²) in [4.78, 5) is 15.2. The Bertz CT molecular complexity index is 560. The lowest BCUT2D eigenvalue weighted by atomic mass is 10.1. The van der Waals surface area contributed by atoms with Gasteiger partial charge in [0.05, 0.1) is 12.3 Å². The molecule has 1 saturated heterocycles. The van der Waals surface area contributed by atoms with Crippen LogP contribution in [0.4, 0.5) is 5.95 Å². The Morgan fingerprint density at radius 3 is 2.86 bits per heavy atom. The number of hydrogen-bond acceptors (Lipinski definition) is 6. The predicted molar refractivity (Wildman–Crippen MR) is 79.8 cm³/mol. The van der Waals surface area contributed by atoms with Crippen molar-refractivity contribution in [3.63, 3.8) is 0 Å². The van der Waals surface area contributed by atoms with Gasteiger partial charge >= 0.3 is 0 Å². The third kappa shape index (κ3) is 3.53. The molecule has 0 bridgehead atoms. The van der Waals surface area contributed by atoms with E-state index in [1.165, 1.54) is 0 Å². The van der Waals surface area contributed by atoms with Crippen LogP contribution in [0, 0.1) is 0 Å². The van der Waals surface area contributed by atoms with Crippen LogP contribution < -0.4 is 5.32 Å². The van der Waals surface area contributed by atoms with Crippen molar-refractivity contribution in [3.05, 3.63) is 48.0 Å². The molecule has 1 aliphatic heterocycles. The smallest absolute Gasteiger partial charge is 0.222 e. The number of ether oxygens (including phenoxy) is 1. The Labute approximate surface area is 124 Å². The molecule has 6 heteroatoms. The first kappa shape index (κ1) is 13.9. The van der Waals surface area contributed by atoms with Crippen molar-refractivity contribution >= 4 is 5.95 Å². The number of nitrogens with zero attached hydrogens (tertiary/aromatic N) is 4. The summed E-state index contributed by atoms with van der Waals surface area (Å²) in [6, 6.07) is 5.93. The van der Waals surface area contributed by atoms with Crippen molar-refractivity contribution in [2.24, 2.45) is 0 Å². The summed E-state index contributed by atoms with van der Waals surface area (Å²) < 4.78 is 5.82. The Balaban J connectivity index is 1.63. The first-order valence-corrected chi connectivity index (χ1v) is 7.08. The Morgan fingerprint density at radius 2 is 2.14 bits per heavy atom. The minimum absolute atomic E-state index is 0.0393. The highest BCUT2D eigenvalue weighted by molar-refractivity contribution is 5.23. The molecule has 110 valence electrons. The quantitative estimate of drug-likeness (QED) is 0.918. The molecule has 1 fully saturated rings. The molecular weight excluding hydrogens is 266 g/mol. The zero-order chi connectivity index (χ0) is 14.5. The van der Waals surface area contributed by atoms with Gasteiger partial charge in [-0.2, -0.15) is 0 Å². The molecule has 21 heavy (non-hydrogen) atoms. The monoisotopic (exact) mass is 285 g/mol. The van der Waals surface area contributed by atoms with Gasteiger partial charge in [-0.25, -0.2) is 9.97 Å². The predicted octanol–water partition coefficient (Wildman–Crippen LogP) is 1.49. The van der Waals surface area contributed by atoms with E-state index in [0.29, 0.717) is 5.95 Å². The third-order valence-electron chi connectivity index (χ3n) is 3.50. The van der Waals surface area contributed by atoms with E-state index in [1.807, 2.05) is 43.8 Å². The van der Waals surface area contributed by atoms with E-state index >= 15 is 0 Å². The normalized spacial score (nSPS) is 19.4. The van der Waals surface area contributed by atoms with Crippen molar-refractivity contribution in [1.82, 2.24) is 19.9 Å². The number of morpholine rings is 1. The highest BCUT2D eigenvalue weighted by Gasteiger charge is 2.22. The lowest BCUT2D eigenvalue weighted by Gasteiger charge is -2.32. The minimum Gasteiger partial charge on any atom is -0.369 e. The van der Waals surface area contributed by atoms with Crippen LogP contribution in [-0.2, 0) is 11.3 Å². The zero-order valence-electron chi connectivity index (χ0n) is 12.1. The van der Waals surface area contributed by atoms with E-state index < -0.39 is 0 Å². The number of aromatic nitrogens is 3. The van der Waals surface area contributed by atoms with Gasteiger partial charge in [0.2, 0.25) is 5.95 Å². The Hall–Kier alpha value is -2.05. The van der Waals surface area contributed by atoms with E-state index in [2.05, 4.69) is 25.2 Å². The molecule has 1 aliphatic rings. The van der Waals surface area contributed by atoms with Crippen LogP contribution in [0.3, 0.4) is 0 Å². The van der Waals surface area contributed by atoms with Gasteiger partial charge in [0, 0.05) is 50.8 Å². The number of anilines is 1. The standard InChI is InChI=1S/C15H19N5O/c1-16-15-18-8-12(9-19-15)10-20-6-7-21-14(11-20)13-4-2-3-5-17-13/h2-5,8-9,14H,6-7,10-11H2,1H3,(H,16,18,19)/t14-/m1/s1. The van der Waals surface area contributed by atoms with Crippen molar-refractivity contribution in [1.29, 1.82) is 0 Å². The Kier molecular flexibility index (Phi) is 4.37. The van der Waals surface area contributed by atoms with Crippen LogP contribution in [-0.4, -0.2) is 46.6 Å². The van der Waals surface area contributed by atoms with E-state index in [-0.39, 0.29) is 6.10 Å². The van der Waals surface area contributed by atoms with Gasteiger partial charge in [0.25, 0.3) is 0 Å². The summed E-state index contributed by atoms with van der Waals surface area (Å²) in [5, 5.41) is 2.92. The lowest BCUT2D eigenvalue weighted by Crippen LogP contribution is -2.38. The molecule has 6 nitrogen and oxygen atoms in total. The second-order valence-corrected chi connectivity index (χ2v) is 5.01. The van der Waals surface area contributed by atoms with Gasteiger partial charge in [-0.1, -0.05) is 6.07 Å². The fraction of sp³-hybridized carbons (Fsp3) is 0.400. The molecule has 0 radical (unpaired) electrons. The van der Waals surface area contributed by atoms with E-state index in [1.54, 1.807) is 0 Å². The average molecular weight is 285 g/mol. The molecule has 0 amide bonds. The molecule has 2 aromatic rings. The summed E-state index contributed by atoms with van der Waals surface area (Å²) in [6.45, 7) is 3.30. The number of hydrogen-bond donors (Lipinski definition) is 1. The van der Waals surface area contributed by atoms with Crippen molar-refractivity contribution in [2.75, 3.05) is 32.1 Å². The van der Waals surface area contributed by atoms with Gasteiger partial charge in [-0.05, 0) is 12.1 Å². The van der Waals surface area contributed by atoms with E-state index in [0.717, 1.165) is 37.5 Å². The largest absolute Gasteiger partial charge is 0.369 e. The maximum absolute atomic E-state index is 5.82. The van der Waals surface area contributed by atoms with Crippen LogP contribution in [0.15, 0.2) is 36.8 Å². The zero-order valence-corrected chi connectivity index (χ0v) is 12.1.